The van der Waals surface area contributed by atoms with E-state index in [9.17, 15) is 14.4 Å². The Kier molecular flexibility index (Phi) is 8.33. The van der Waals surface area contributed by atoms with E-state index in [-0.39, 0.29) is 36.5 Å². The maximum absolute atomic E-state index is 12.7. The monoisotopic (exact) mass is 496 g/mol. The molecule has 1 aliphatic rings. The zero-order valence-corrected chi connectivity index (χ0v) is 20.2. The van der Waals surface area contributed by atoms with E-state index >= 15 is 0 Å². The molecule has 0 radical (unpaired) electrons. The third-order valence-electron chi connectivity index (χ3n) is 4.71. The second-order valence-electron chi connectivity index (χ2n) is 6.74. The van der Waals surface area contributed by atoms with Crippen LogP contribution < -0.4 is 24.4 Å². The summed E-state index contributed by atoms with van der Waals surface area (Å²) in [6.07, 6.45) is 0.0474. The van der Waals surface area contributed by atoms with E-state index in [4.69, 9.17) is 18.9 Å². The fourth-order valence-corrected chi connectivity index (χ4v) is 4.76. The standard InChI is InChI=1S/C20H24N4O7S2/c1-5-31-16(26)10-32-20-23-22-19(33-20)21-18(27)11-6-15(25)24(9-11)12-7-13(28-2)17(30-4)14(8-12)29-3/h7-8,11H,5-6,9-10H2,1-4H3,(H,21,22,27). The molecule has 3 rings (SSSR count). The van der Waals surface area contributed by atoms with Crippen molar-refractivity contribution in [1.29, 1.82) is 0 Å². The number of benzene rings is 1. The zero-order chi connectivity index (χ0) is 24.0. The zero-order valence-electron chi connectivity index (χ0n) is 18.6. The van der Waals surface area contributed by atoms with Gasteiger partial charge in [0, 0.05) is 25.1 Å². The van der Waals surface area contributed by atoms with Crippen molar-refractivity contribution >= 4 is 51.7 Å². The maximum Gasteiger partial charge on any atom is 0.316 e. The lowest BCUT2D eigenvalue weighted by atomic mass is 10.1. The second kappa shape index (κ2) is 11.2. The van der Waals surface area contributed by atoms with Gasteiger partial charge in [-0.25, -0.2) is 0 Å². The highest BCUT2D eigenvalue weighted by atomic mass is 32.2. The molecule has 11 nitrogen and oxygen atoms in total. The summed E-state index contributed by atoms with van der Waals surface area (Å²) in [5.74, 6) is -0.113. The fourth-order valence-electron chi connectivity index (χ4n) is 3.21. The van der Waals surface area contributed by atoms with Gasteiger partial charge in [-0.2, -0.15) is 0 Å². The van der Waals surface area contributed by atoms with Crippen molar-refractivity contribution < 1.29 is 33.3 Å². The largest absolute Gasteiger partial charge is 0.493 e. The van der Waals surface area contributed by atoms with Crippen molar-refractivity contribution in [2.24, 2.45) is 5.92 Å². The van der Waals surface area contributed by atoms with Gasteiger partial charge in [-0.05, 0) is 6.92 Å². The molecule has 1 saturated heterocycles. The molecular formula is C20H24N4O7S2. The quantitative estimate of drug-likeness (QED) is 0.297. The molecule has 1 fully saturated rings. The van der Waals surface area contributed by atoms with E-state index in [1.807, 2.05) is 0 Å². The van der Waals surface area contributed by atoms with E-state index in [2.05, 4.69) is 15.5 Å². The Bertz CT molecular complexity index is 1000. The van der Waals surface area contributed by atoms with Crippen LogP contribution in [0.2, 0.25) is 0 Å². The van der Waals surface area contributed by atoms with Gasteiger partial charge in [0.1, 0.15) is 0 Å². The predicted octanol–water partition coefficient (Wildman–Crippen LogP) is 2.21. The van der Waals surface area contributed by atoms with Crippen LogP contribution >= 0.6 is 23.1 Å². The molecule has 13 heteroatoms. The first-order valence-electron chi connectivity index (χ1n) is 9.93. The van der Waals surface area contributed by atoms with Gasteiger partial charge in [0.15, 0.2) is 15.8 Å². The first kappa shape index (κ1) is 24.6. The third-order valence-corrected chi connectivity index (χ3v) is 6.66. The lowest BCUT2D eigenvalue weighted by Gasteiger charge is -2.20. The fraction of sp³-hybridized carbons (Fsp3) is 0.450. The Morgan fingerprint density at radius 3 is 2.48 bits per heavy atom. The van der Waals surface area contributed by atoms with Gasteiger partial charge >= 0.3 is 5.97 Å². The molecular weight excluding hydrogens is 472 g/mol. The molecule has 2 aromatic rings. The van der Waals surface area contributed by atoms with Crippen molar-refractivity contribution in [2.75, 3.05) is 50.5 Å². The average molecular weight is 497 g/mol. The second-order valence-corrected chi connectivity index (χ2v) is 8.94. The number of hydrogen-bond donors (Lipinski definition) is 1. The van der Waals surface area contributed by atoms with Gasteiger partial charge in [-0.3, -0.25) is 14.4 Å². The minimum atomic E-state index is -0.573. The van der Waals surface area contributed by atoms with Crippen LogP contribution in [0.5, 0.6) is 17.2 Å². The topological polar surface area (TPSA) is 129 Å². The van der Waals surface area contributed by atoms with Gasteiger partial charge in [0.25, 0.3) is 0 Å². The highest BCUT2D eigenvalue weighted by Gasteiger charge is 2.36. The highest BCUT2D eigenvalue weighted by molar-refractivity contribution is 8.01. The summed E-state index contributed by atoms with van der Waals surface area (Å²) in [6, 6.07) is 3.33. The maximum atomic E-state index is 12.7. The Labute approximate surface area is 198 Å². The predicted molar refractivity (Wildman–Crippen MR) is 122 cm³/mol. The number of nitrogens with one attached hydrogen (secondary N) is 1. The van der Waals surface area contributed by atoms with Crippen molar-refractivity contribution in [3.8, 4) is 17.2 Å². The molecule has 1 N–H and O–H groups in total. The van der Waals surface area contributed by atoms with E-state index in [1.54, 1.807) is 19.1 Å². The minimum Gasteiger partial charge on any atom is -0.493 e. The Hall–Kier alpha value is -3.06. The molecule has 0 aliphatic carbocycles. The molecule has 2 amide bonds. The number of hydrogen-bond acceptors (Lipinski definition) is 11. The summed E-state index contributed by atoms with van der Waals surface area (Å²) in [7, 11) is 4.48. The number of methoxy groups -OCH3 is 3. The van der Waals surface area contributed by atoms with Crippen molar-refractivity contribution in [3.05, 3.63) is 12.1 Å². The highest BCUT2D eigenvalue weighted by Crippen LogP contribution is 2.42. The van der Waals surface area contributed by atoms with Gasteiger partial charge < -0.3 is 29.2 Å². The molecule has 1 atom stereocenters. The Balaban J connectivity index is 1.65. The number of carbonyl (C=O) groups excluding carboxylic acids is 3. The summed E-state index contributed by atoms with van der Waals surface area (Å²) in [6.45, 7) is 2.23. The molecule has 0 spiro atoms. The first-order valence-corrected chi connectivity index (χ1v) is 11.7. The number of ether oxygens (including phenoxy) is 4. The molecule has 33 heavy (non-hydrogen) atoms. The van der Waals surface area contributed by atoms with E-state index in [0.717, 1.165) is 11.3 Å². The van der Waals surface area contributed by atoms with Crippen LogP contribution in [0.1, 0.15) is 13.3 Å². The summed E-state index contributed by atoms with van der Waals surface area (Å²) >= 11 is 2.33. The average Bonchev–Trinajstić information content (AvgIpc) is 3.43. The number of esters is 1. The summed E-state index contributed by atoms with van der Waals surface area (Å²) in [5, 5.41) is 10.9. The number of aromatic nitrogens is 2. The molecule has 1 aliphatic heterocycles. The molecule has 0 bridgehead atoms. The number of amides is 2. The minimum absolute atomic E-state index is 0.0474. The Morgan fingerprint density at radius 2 is 1.88 bits per heavy atom. The first-order chi connectivity index (χ1) is 15.9. The number of carbonyl (C=O) groups is 3. The number of nitrogens with zero attached hydrogens (tertiary/aromatic N) is 3. The number of anilines is 2. The number of thioether (sulfide) groups is 1. The SMILES string of the molecule is CCOC(=O)CSc1nnc(NC(=O)C2CC(=O)N(c3cc(OC)c(OC)c(OC)c3)C2)s1. The summed E-state index contributed by atoms with van der Waals surface area (Å²) in [4.78, 5) is 38.4. The molecule has 0 saturated carbocycles. The number of rotatable bonds is 10. The smallest absolute Gasteiger partial charge is 0.316 e. The van der Waals surface area contributed by atoms with Crippen LogP contribution in [0.3, 0.4) is 0 Å². The van der Waals surface area contributed by atoms with Gasteiger partial charge in [0.2, 0.25) is 22.7 Å². The van der Waals surface area contributed by atoms with E-state index in [0.29, 0.717) is 39.0 Å². The molecule has 2 heterocycles. The van der Waals surface area contributed by atoms with Gasteiger partial charge in [-0.1, -0.05) is 23.1 Å². The van der Waals surface area contributed by atoms with Crippen LogP contribution in [0.15, 0.2) is 16.5 Å². The van der Waals surface area contributed by atoms with Crippen LogP contribution in [-0.4, -0.2) is 68.2 Å². The normalized spacial score (nSPS) is 15.3. The van der Waals surface area contributed by atoms with Crippen LogP contribution in [-0.2, 0) is 19.1 Å². The molecule has 1 unspecified atom stereocenters. The van der Waals surface area contributed by atoms with Gasteiger partial charge in [0.05, 0.1) is 45.3 Å². The summed E-state index contributed by atoms with van der Waals surface area (Å²) < 4.78 is 21.4. The van der Waals surface area contributed by atoms with Crippen LogP contribution in [0, 0.1) is 5.92 Å². The van der Waals surface area contributed by atoms with Crippen LogP contribution in [0.25, 0.3) is 0 Å². The van der Waals surface area contributed by atoms with E-state index in [1.165, 1.54) is 38.0 Å². The summed E-state index contributed by atoms with van der Waals surface area (Å²) in [5.41, 5.74) is 0.540. The lowest BCUT2D eigenvalue weighted by molar-refractivity contribution is -0.139. The van der Waals surface area contributed by atoms with Crippen LogP contribution in [0.4, 0.5) is 10.8 Å². The molecule has 1 aromatic heterocycles. The Morgan fingerprint density at radius 1 is 1.18 bits per heavy atom. The van der Waals surface area contributed by atoms with Crippen molar-refractivity contribution in [1.82, 2.24) is 10.2 Å². The lowest BCUT2D eigenvalue weighted by Crippen LogP contribution is -2.28. The molecule has 1 aromatic carbocycles. The molecule has 178 valence electrons. The van der Waals surface area contributed by atoms with E-state index < -0.39 is 5.92 Å². The third kappa shape index (κ3) is 5.85. The van der Waals surface area contributed by atoms with Crippen molar-refractivity contribution in [2.45, 2.75) is 17.7 Å². The van der Waals surface area contributed by atoms with Crippen molar-refractivity contribution in [3.63, 3.8) is 0 Å². The van der Waals surface area contributed by atoms with Gasteiger partial charge in [-0.15, -0.1) is 10.2 Å².